The van der Waals surface area contributed by atoms with E-state index in [1.165, 1.54) is 13.0 Å². The molecule has 2 aromatic rings. The molecular formula is C14H13F3N2O5S. The SMILES string of the molecule is CCOC(=O)c1cc(OS(=O)(=O)C(F)(F)F)n(-c2ccccc2C)n1. The Bertz CT molecular complexity index is 890. The number of carbonyl (C=O) groups excluding carboxylic acids is 1. The second-order valence-corrected chi connectivity index (χ2v) is 6.31. The van der Waals surface area contributed by atoms with Crippen LogP contribution in [0.3, 0.4) is 0 Å². The molecule has 1 heterocycles. The van der Waals surface area contributed by atoms with E-state index in [1.54, 1.807) is 25.1 Å². The van der Waals surface area contributed by atoms with Crippen LogP contribution in [0.1, 0.15) is 23.0 Å². The Balaban J connectivity index is 2.58. The summed E-state index contributed by atoms with van der Waals surface area (Å²) in [7, 11) is -5.93. The first kappa shape index (κ1) is 18.8. The van der Waals surface area contributed by atoms with Crippen LogP contribution in [0, 0.1) is 6.92 Å². The number of alkyl halides is 3. The summed E-state index contributed by atoms with van der Waals surface area (Å²) in [4.78, 5) is 11.8. The molecule has 136 valence electrons. The van der Waals surface area contributed by atoms with Gasteiger partial charge in [-0.25, -0.2) is 4.79 Å². The molecule has 0 unspecified atom stereocenters. The summed E-state index contributed by atoms with van der Waals surface area (Å²) in [6, 6.07) is 7.11. The fourth-order valence-corrected chi connectivity index (χ4v) is 2.30. The molecule has 0 aliphatic carbocycles. The van der Waals surface area contributed by atoms with Gasteiger partial charge in [0.15, 0.2) is 5.69 Å². The lowest BCUT2D eigenvalue weighted by Crippen LogP contribution is -2.28. The lowest BCUT2D eigenvalue weighted by atomic mass is 10.2. The lowest BCUT2D eigenvalue weighted by molar-refractivity contribution is -0.0502. The van der Waals surface area contributed by atoms with E-state index in [0.717, 1.165) is 10.7 Å². The van der Waals surface area contributed by atoms with E-state index in [-0.39, 0.29) is 12.3 Å². The number of aryl methyl sites for hydroxylation is 1. The Morgan fingerprint density at radius 1 is 1.28 bits per heavy atom. The van der Waals surface area contributed by atoms with E-state index in [4.69, 9.17) is 4.74 Å². The number of ether oxygens (including phenoxy) is 1. The van der Waals surface area contributed by atoms with Crippen molar-refractivity contribution < 1.29 is 35.3 Å². The molecule has 0 N–H and O–H groups in total. The van der Waals surface area contributed by atoms with Gasteiger partial charge in [0.2, 0.25) is 5.88 Å². The molecule has 2 rings (SSSR count). The fourth-order valence-electron chi connectivity index (χ4n) is 1.86. The summed E-state index contributed by atoms with van der Waals surface area (Å²) in [5.41, 5.74) is -5.21. The van der Waals surface area contributed by atoms with Crippen LogP contribution in [-0.2, 0) is 14.9 Å². The lowest BCUT2D eigenvalue weighted by Gasteiger charge is -2.12. The Labute approximate surface area is 141 Å². The molecule has 0 radical (unpaired) electrons. The molecule has 0 atom stereocenters. The van der Waals surface area contributed by atoms with Gasteiger partial charge in [0.1, 0.15) is 0 Å². The zero-order valence-electron chi connectivity index (χ0n) is 13.1. The van der Waals surface area contributed by atoms with Crippen LogP contribution in [0.15, 0.2) is 30.3 Å². The normalized spacial score (nSPS) is 12.0. The molecule has 1 aromatic carbocycles. The Morgan fingerprint density at radius 3 is 2.48 bits per heavy atom. The monoisotopic (exact) mass is 378 g/mol. The van der Waals surface area contributed by atoms with Crippen LogP contribution in [0.2, 0.25) is 0 Å². The minimum atomic E-state index is -5.93. The molecule has 0 aliphatic heterocycles. The van der Waals surface area contributed by atoms with Crippen molar-refractivity contribution in [1.29, 1.82) is 0 Å². The number of benzene rings is 1. The minimum Gasteiger partial charge on any atom is -0.461 e. The van der Waals surface area contributed by atoms with Crippen LogP contribution in [0.25, 0.3) is 5.69 Å². The number of esters is 1. The van der Waals surface area contributed by atoms with E-state index >= 15 is 0 Å². The topological polar surface area (TPSA) is 87.5 Å². The number of halogens is 3. The highest BCUT2D eigenvalue weighted by Gasteiger charge is 2.49. The summed E-state index contributed by atoms with van der Waals surface area (Å²) >= 11 is 0. The molecule has 0 saturated heterocycles. The van der Waals surface area contributed by atoms with E-state index in [0.29, 0.717) is 5.56 Å². The van der Waals surface area contributed by atoms with E-state index in [9.17, 15) is 26.4 Å². The second kappa shape index (κ2) is 6.75. The van der Waals surface area contributed by atoms with E-state index in [1.807, 2.05) is 0 Å². The van der Waals surface area contributed by atoms with Gasteiger partial charge < -0.3 is 8.92 Å². The zero-order chi connectivity index (χ0) is 18.8. The second-order valence-electron chi connectivity index (χ2n) is 4.77. The summed E-state index contributed by atoms with van der Waals surface area (Å²) in [6.07, 6.45) is 0. The quantitative estimate of drug-likeness (QED) is 0.452. The van der Waals surface area contributed by atoms with Crippen molar-refractivity contribution in [3.05, 3.63) is 41.6 Å². The first-order valence-electron chi connectivity index (χ1n) is 6.90. The van der Waals surface area contributed by atoms with Gasteiger partial charge in [-0.05, 0) is 25.5 Å². The zero-order valence-corrected chi connectivity index (χ0v) is 13.9. The first-order chi connectivity index (χ1) is 11.6. The third kappa shape index (κ3) is 3.92. The average Bonchev–Trinajstić information content (AvgIpc) is 2.90. The van der Waals surface area contributed by atoms with Crippen molar-refractivity contribution in [1.82, 2.24) is 9.78 Å². The maximum absolute atomic E-state index is 12.6. The highest BCUT2D eigenvalue weighted by Crippen LogP contribution is 2.29. The highest BCUT2D eigenvalue weighted by atomic mass is 32.2. The Hall–Kier alpha value is -2.56. The average molecular weight is 378 g/mol. The maximum atomic E-state index is 12.6. The minimum absolute atomic E-state index is 0.00704. The van der Waals surface area contributed by atoms with Crippen LogP contribution in [-0.4, -0.2) is 36.3 Å². The smallest absolute Gasteiger partial charge is 0.461 e. The van der Waals surface area contributed by atoms with E-state index < -0.39 is 33.2 Å². The predicted octanol–water partition coefficient (Wildman–Crippen LogP) is 2.59. The number of hydrogen-bond donors (Lipinski definition) is 0. The van der Waals surface area contributed by atoms with Crippen LogP contribution < -0.4 is 4.18 Å². The molecule has 0 saturated carbocycles. The van der Waals surface area contributed by atoms with Gasteiger partial charge in [0.05, 0.1) is 12.3 Å². The molecule has 11 heteroatoms. The maximum Gasteiger partial charge on any atom is 0.534 e. The van der Waals surface area contributed by atoms with E-state index in [2.05, 4.69) is 9.28 Å². The van der Waals surface area contributed by atoms with Gasteiger partial charge in [0, 0.05) is 6.07 Å². The molecule has 0 bridgehead atoms. The fraction of sp³-hybridized carbons (Fsp3) is 0.286. The summed E-state index contributed by atoms with van der Waals surface area (Å²) < 4.78 is 70.0. The number of rotatable bonds is 5. The van der Waals surface area contributed by atoms with Crippen LogP contribution in [0.5, 0.6) is 5.88 Å². The Morgan fingerprint density at radius 2 is 1.92 bits per heavy atom. The molecular weight excluding hydrogens is 365 g/mol. The van der Waals surface area contributed by atoms with Crippen molar-refractivity contribution in [2.45, 2.75) is 19.4 Å². The van der Waals surface area contributed by atoms with Gasteiger partial charge in [-0.2, -0.15) is 31.4 Å². The van der Waals surface area contributed by atoms with Gasteiger partial charge in [-0.1, -0.05) is 18.2 Å². The number of hydrogen-bond acceptors (Lipinski definition) is 6. The van der Waals surface area contributed by atoms with Crippen molar-refractivity contribution in [3.8, 4) is 11.6 Å². The van der Waals surface area contributed by atoms with Crippen molar-refractivity contribution in [3.63, 3.8) is 0 Å². The summed E-state index contributed by atoms with van der Waals surface area (Å²) in [5.74, 6) is -1.71. The van der Waals surface area contributed by atoms with Crippen molar-refractivity contribution in [2.24, 2.45) is 0 Å². The third-order valence-corrected chi connectivity index (χ3v) is 3.94. The largest absolute Gasteiger partial charge is 0.534 e. The number of aromatic nitrogens is 2. The molecule has 7 nitrogen and oxygen atoms in total. The van der Waals surface area contributed by atoms with Gasteiger partial charge >= 0.3 is 21.6 Å². The molecule has 1 aromatic heterocycles. The van der Waals surface area contributed by atoms with Crippen LogP contribution >= 0.6 is 0 Å². The van der Waals surface area contributed by atoms with Crippen molar-refractivity contribution in [2.75, 3.05) is 6.61 Å². The summed E-state index contributed by atoms with van der Waals surface area (Å²) in [5, 5.41) is 3.81. The highest BCUT2D eigenvalue weighted by molar-refractivity contribution is 7.87. The van der Waals surface area contributed by atoms with Crippen LogP contribution in [0.4, 0.5) is 13.2 Å². The standard InChI is InChI=1S/C14H13F3N2O5S/c1-3-23-13(20)10-8-12(24-25(21,22)14(15,16)17)19(18-10)11-7-5-4-6-9(11)2/h4-8H,3H2,1-2H3. The molecule has 0 amide bonds. The molecule has 25 heavy (non-hydrogen) atoms. The third-order valence-electron chi connectivity index (χ3n) is 2.98. The number of nitrogens with zero attached hydrogens (tertiary/aromatic N) is 2. The molecule has 0 aliphatic rings. The van der Waals surface area contributed by atoms with Gasteiger partial charge in [-0.3, -0.25) is 0 Å². The van der Waals surface area contributed by atoms with Crippen molar-refractivity contribution >= 4 is 16.1 Å². The first-order valence-corrected chi connectivity index (χ1v) is 8.31. The number of carbonyl (C=O) groups is 1. The molecule has 0 spiro atoms. The van der Waals surface area contributed by atoms with Gasteiger partial charge in [0.25, 0.3) is 0 Å². The predicted molar refractivity (Wildman–Crippen MR) is 79.9 cm³/mol. The van der Waals surface area contributed by atoms with Gasteiger partial charge in [-0.15, -0.1) is 0 Å². The number of para-hydroxylation sites is 1. The molecule has 0 fully saturated rings. The Kier molecular flexibility index (Phi) is 5.07. The summed E-state index contributed by atoms with van der Waals surface area (Å²) in [6.45, 7) is 3.16.